The molecule has 0 fully saturated rings. The van der Waals surface area contributed by atoms with Crippen molar-refractivity contribution in [3.8, 4) is 15.6 Å². The van der Waals surface area contributed by atoms with Gasteiger partial charge in [-0.3, -0.25) is 4.79 Å². The molecule has 0 atom stereocenters. The van der Waals surface area contributed by atoms with Crippen LogP contribution in [0.15, 0.2) is 64.0 Å². The summed E-state index contributed by atoms with van der Waals surface area (Å²) >= 11 is 6.60. The van der Waals surface area contributed by atoms with Crippen LogP contribution in [0.25, 0.3) is 15.6 Å². The van der Waals surface area contributed by atoms with Crippen LogP contribution in [0.4, 0.5) is 5.69 Å². The number of para-hydroxylation sites is 2. The Morgan fingerprint density at radius 3 is 2.85 bits per heavy atom. The first-order valence-corrected chi connectivity index (χ1v) is 10.3. The Labute approximate surface area is 166 Å². The summed E-state index contributed by atoms with van der Waals surface area (Å²) in [4.78, 5) is 18.2. The maximum absolute atomic E-state index is 12.5. The smallest absolute Gasteiger partial charge is 0.230 e. The summed E-state index contributed by atoms with van der Waals surface area (Å²) in [5.74, 6) is -0.105. The van der Waals surface area contributed by atoms with E-state index in [0.717, 1.165) is 25.7 Å². The average Bonchev–Trinajstić information content (AvgIpc) is 3.36. The predicted octanol–water partition coefficient (Wildman–Crippen LogP) is 5.00. The molecule has 0 aliphatic heterocycles. The summed E-state index contributed by atoms with van der Waals surface area (Å²) in [6.07, 6.45) is 3.79. The van der Waals surface area contributed by atoms with Gasteiger partial charge in [0.2, 0.25) is 5.91 Å². The molecule has 0 aliphatic rings. The second-order valence-electron chi connectivity index (χ2n) is 5.47. The van der Waals surface area contributed by atoms with Crippen molar-refractivity contribution in [2.24, 2.45) is 0 Å². The van der Waals surface area contributed by atoms with Crippen LogP contribution in [0.5, 0.6) is 0 Å². The highest BCUT2D eigenvalue weighted by atomic mass is 79.9. The molecule has 1 N–H and O–H groups in total. The van der Waals surface area contributed by atoms with Gasteiger partial charge in [0, 0.05) is 11.6 Å². The fourth-order valence-electron chi connectivity index (χ4n) is 2.47. The standard InChI is InChI=1S/C18H13BrN4OS2/c19-12-9-20-23(10-12)15-5-2-1-4-14(15)22-17(24)8-13-11-26-18(21-13)16-6-3-7-25-16/h1-7,9-11H,8H2,(H,22,24). The summed E-state index contributed by atoms with van der Waals surface area (Å²) in [6, 6.07) is 11.6. The van der Waals surface area contributed by atoms with Crippen molar-refractivity contribution in [1.29, 1.82) is 0 Å². The van der Waals surface area contributed by atoms with Crippen LogP contribution in [-0.4, -0.2) is 20.7 Å². The maximum Gasteiger partial charge on any atom is 0.230 e. The van der Waals surface area contributed by atoms with Gasteiger partial charge in [0.15, 0.2) is 0 Å². The Balaban J connectivity index is 1.49. The Bertz CT molecular complexity index is 1040. The molecule has 3 heterocycles. The lowest BCUT2D eigenvalue weighted by molar-refractivity contribution is -0.115. The van der Waals surface area contributed by atoms with E-state index in [1.165, 1.54) is 0 Å². The van der Waals surface area contributed by atoms with E-state index in [0.29, 0.717) is 5.69 Å². The monoisotopic (exact) mass is 444 g/mol. The number of carbonyl (C=O) groups is 1. The molecule has 4 aromatic rings. The van der Waals surface area contributed by atoms with Gasteiger partial charge in [-0.1, -0.05) is 18.2 Å². The zero-order valence-electron chi connectivity index (χ0n) is 13.4. The number of hydrogen-bond acceptors (Lipinski definition) is 5. The summed E-state index contributed by atoms with van der Waals surface area (Å²) in [5.41, 5.74) is 2.29. The molecule has 3 aromatic heterocycles. The van der Waals surface area contributed by atoms with Crippen LogP contribution >= 0.6 is 38.6 Å². The molecule has 1 amide bonds. The number of nitrogens with one attached hydrogen (secondary N) is 1. The van der Waals surface area contributed by atoms with Crippen LogP contribution in [0.2, 0.25) is 0 Å². The SMILES string of the molecule is O=C(Cc1csc(-c2cccs2)n1)Nc1ccccc1-n1cc(Br)cn1. The van der Waals surface area contributed by atoms with Gasteiger partial charge >= 0.3 is 0 Å². The van der Waals surface area contributed by atoms with Crippen molar-refractivity contribution in [1.82, 2.24) is 14.8 Å². The molecule has 130 valence electrons. The molecule has 0 unspecified atom stereocenters. The second kappa shape index (κ2) is 7.53. The van der Waals surface area contributed by atoms with Crippen LogP contribution in [0.1, 0.15) is 5.69 Å². The van der Waals surface area contributed by atoms with Gasteiger partial charge in [0.25, 0.3) is 0 Å². The van der Waals surface area contributed by atoms with Gasteiger partial charge in [0.05, 0.1) is 39.0 Å². The van der Waals surface area contributed by atoms with Gasteiger partial charge < -0.3 is 5.32 Å². The minimum atomic E-state index is -0.105. The normalized spacial score (nSPS) is 10.8. The zero-order valence-corrected chi connectivity index (χ0v) is 16.6. The quantitative estimate of drug-likeness (QED) is 0.470. The maximum atomic E-state index is 12.5. The first-order chi connectivity index (χ1) is 12.7. The zero-order chi connectivity index (χ0) is 17.9. The Kier molecular flexibility index (Phi) is 4.96. The van der Waals surface area contributed by atoms with Crippen LogP contribution in [0.3, 0.4) is 0 Å². The summed E-state index contributed by atoms with van der Waals surface area (Å²) in [6.45, 7) is 0. The summed E-state index contributed by atoms with van der Waals surface area (Å²) in [5, 5.41) is 12.1. The van der Waals surface area contributed by atoms with Crippen molar-refractivity contribution >= 4 is 50.2 Å². The predicted molar refractivity (Wildman–Crippen MR) is 109 cm³/mol. The van der Waals surface area contributed by atoms with E-state index in [1.807, 2.05) is 53.4 Å². The number of aromatic nitrogens is 3. The summed E-state index contributed by atoms with van der Waals surface area (Å²) in [7, 11) is 0. The van der Waals surface area contributed by atoms with E-state index in [-0.39, 0.29) is 12.3 Å². The Morgan fingerprint density at radius 2 is 2.08 bits per heavy atom. The van der Waals surface area contributed by atoms with E-state index in [9.17, 15) is 4.79 Å². The van der Waals surface area contributed by atoms with Gasteiger partial charge in [0.1, 0.15) is 5.01 Å². The number of carbonyl (C=O) groups excluding carboxylic acids is 1. The number of rotatable bonds is 5. The fourth-order valence-corrected chi connectivity index (χ4v) is 4.39. The van der Waals surface area contributed by atoms with Gasteiger partial charge in [-0.2, -0.15) is 5.10 Å². The molecule has 4 rings (SSSR count). The lowest BCUT2D eigenvalue weighted by atomic mass is 10.2. The van der Waals surface area contributed by atoms with E-state index in [1.54, 1.807) is 33.6 Å². The second-order valence-corrected chi connectivity index (χ2v) is 8.19. The number of nitrogens with zero attached hydrogens (tertiary/aromatic N) is 3. The molecule has 0 bridgehead atoms. The number of thiophene rings is 1. The van der Waals surface area contributed by atoms with Gasteiger partial charge in [-0.05, 0) is 39.5 Å². The Hall–Kier alpha value is -2.29. The topological polar surface area (TPSA) is 59.8 Å². The molecular formula is C18H13BrN4OS2. The highest BCUT2D eigenvalue weighted by Gasteiger charge is 2.12. The van der Waals surface area contributed by atoms with Crippen molar-refractivity contribution in [2.75, 3.05) is 5.32 Å². The number of halogens is 1. The molecule has 1 aromatic carbocycles. The van der Waals surface area contributed by atoms with E-state index in [4.69, 9.17) is 0 Å². The molecule has 0 radical (unpaired) electrons. The minimum Gasteiger partial charge on any atom is -0.324 e. The van der Waals surface area contributed by atoms with Crippen molar-refractivity contribution < 1.29 is 4.79 Å². The van der Waals surface area contributed by atoms with Crippen LogP contribution < -0.4 is 5.32 Å². The number of benzene rings is 1. The molecule has 8 heteroatoms. The number of hydrogen-bond donors (Lipinski definition) is 1. The summed E-state index contributed by atoms with van der Waals surface area (Å²) < 4.78 is 2.60. The highest BCUT2D eigenvalue weighted by Crippen LogP contribution is 2.28. The average molecular weight is 445 g/mol. The number of amides is 1. The lowest BCUT2D eigenvalue weighted by Gasteiger charge is -2.10. The molecular weight excluding hydrogens is 432 g/mol. The van der Waals surface area contributed by atoms with Crippen molar-refractivity contribution in [3.63, 3.8) is 0 Å². The molecule has 26 heavy (non-hydrogen) atoms. The molecule has 0 saturated carbocycles. The largest absolute Gasteiger partial charge is 0.324 e. The molecule has 0 saturated heterocycles. The van der Waals surface area contributed by atoms with Crippen LogP contribution in [0, 0.1) is 0 Å². The fraction of sp³-hybridized carbons (Fsp3) is 0.0556. The van der Waals surface area contributed by atoms with Crippen LogP contribution in [-0.2, 0) is 11.2 Å². The molecule has 0 spiro atoms. The lowest BCUT2D eigenvalue weighted by Crippen LogP contribution is -2.16. The third-order valence-corrected chi connectivity index (χ3v) is 5.94. The molecule has 0 aliphatic carbocycles. The first kappa shape index (κ1) is 17.1. The van der Waals surface area contributed by atoms with E-state index in [2.05, 4.69) is 31.3 Å². The van der Waals surface area contributed by atoms with Crippen molar-refractivity contribution in [3.05, 3.63) is 69.7 Å². The number of thiazole rings is 1. The van der Waals surface area contributed by atoms with E-state index < -0.39 is 0 Å². The highest BCUT2D eigenvalue weighted by molar-refractivity contribution is 9.10. The van der Waals surface area contributed by atoms with Crippen molar-refractivity contribution in [2.45, 2.75) is 6.42 Å². The Morgan fingerprint density at radius 1 is 1.19 bits per heavy atom. The van der Waals surface area contributed by atoms with E-state index >= 15 is 0 Å². The minimum absolute atomic E-state index is 0.105. The third kappa shape index (κ3) is 3.77. The first-order valence-electron chi connectivity index (χ1n) is 7.77. The van der Waals surface area contributed by atoms with Gasteiger partial charge in [-0.15, -0.1) is 22.7 Å². The third-order valence-electron chi connectivity index (χ3n) is 3.60. The number of anilines is 1. The van der Waals surface area contributed by atoms with Gasteiger partial charge in [-0.25, -0.2) is 9.67 Å². The molecule has 5 nitrogen and oxygen atoms in total.